The van der Waals surface area contributed by atoms with E-state index in [4.69, 9.17) is 15.1 Å². The summed E-state index contributed by atoms with van der Waals surface area (Å²) in [6.45, 7) is 1.72. The van der Waals surface area contributed by atoms with Crippen LogP contribution in [-0.4, -0.2) is 16.0 Å². The van der Waals surface area contributed by atoms with Gasteiger partial charge in [-0.3, -0.25) is 20.3 Å². The van der Waals surface area contributed by atoms with E-state index in [2.05, 4.69) is 5.16 Å². The van der Waals surface area contributed by atoms with Crippen molar-refractivity contribution in [2.75, 3.05) is 0 Å². The Morgan fingerprint density at radius 2 is 2.29 bits per heavy atom. The molecule has 0 aliphatic rings. The molecule has 9 heteroatoms. The Hall–Kier alpha value is -2.94. The van der Waals surface area contributed by atoms with Crippen molar-refractivity contribution in [2.45, 2.75) is 13.5 Å². The molecule has 3 N–H and O–H groups in total. The molecule has 110 valence electrons. The highest BCUT2D eigenvalue weighted by molar-refractivity contribution is 5.91. The van der Waals surface area contributed by atoms with Crippen LogP contribution >= 0.6 is 0 Å². The molecule has 0 aliphatic heterocycles. The number of nitrogens with zero attached hydrogens (tertiary/aromatic N) is 2. The number of non-ortho nitro benzene ring substituents is 1. The van der Waals surface area contributed by atoms with Crippen LogP contribution in [0.4, 0.5) is 5.69 Å². The Labute approximate surface area is 118 Å². The number of ether oxygens (including phenoxy) is 1. The van der Waals surface area contributed by atoms with Gasteiger partial charge in [-0.2, -0.15) is 0 Å². The lowest BCUT2D eigenvalue weighted by atomic mass is 10.2. The lowest BCUT2D eigenvalue weighted by Gasteiger charge is -2.06. The third-order valence-corrected chi connectivity index (χ3v) is 2.66. The number of carbonyl (C=O) groups is 1. The smallest absolute Gasteiger partial charge is 0.287 e. The zero-order valence-electron chi connectivity index (χ0n) is 11.0. The molecule has 9 nitrogen and oxygen atoms in total. The third kappa shape index (κ3) is 3.34. The summed E-state index contributed by atoms with van der Waals surface area (Å²) in [5.41, 5.74) is 2.57. The summed E-state index contributed by atoms with van der Waals surface area (Å²) in [7, 11) is 0. The van der Waals surface area contributed by atoms with Crippen LogP contribution in [0.2, 0.25) is 0 Å². The van der Waals surface area contributed by atoms with Gasteiger partial charge in [0.25, 0.3) is 11.6 Å². The SMILES string of the molecule is Cc1cc([N+](=O)[O-])ccc1OCc1cc(C(=O)NN)no1. The predicted molar refractivity (Wildman–Crippen MR) is 70.3 cm³/mol. The van der Waals surface area contributed by atoms with Crippen LogP contribution in [0.25, 0.3) is 0 Å². The van der Waals surface area contributed by atoms with E-state index in [1.807, 2.05) is 5.43 Å². The van der Waals surface area contributed by atoms with Crippen molar-refractivity contribution < 1.29 is 19.0 Å². The molecular formula is C12H12N4O5. The number of nitrogens with one attached hydrogen (secondary N) is 1. The summed E-state index contributed by atoms with van der Waals surface area (Å²) in [5.74, 6) is 5.20. The lowest BCUT2D eigenvalue weighted by molar-refractivity contribution is -0.384. The highest BCUT2D eigenvalue weighted by atomic mass is 16.6. The van der Waals surface area contributed by atoms with E-state index in [1.54, 1.807) is 6.92 Å². The fourth-order valence-corrected chi connectivity index (χ4v) is 1.62. The number of nitrogen functional groups attached to an aromatic ring is 1. The molecule has 0 spiro atoms. The summed E-state index contributed by atoms with van der Waals surface area (Å²) in [4.78, 5) is 21.3. The zero-order chi connectivity index (χ0) is 15.4. The first-order chi connectivity index (χ1) is 10.0. The van der Waals surface area contributed by atoms with Crippen LogP contribution in [0, 0.1) is 17.0 Å². The number of nitrogens with two attached hydrogens (primary N) is 1. The molecule has 0 atom stereocenters. The molecule has 21 heavy (non-hydrogen) atoms. The largest absolute Gasteiger partial charge is 0.485 e. The molecule has 0 aliphatic carbocycles. The maximum absolute atomic E-state index is 11.2. The van der Waals surface area contributed by atoms with E-state index in [-0.39, 0.29) is 18.0 Å². The molecule has 1 aromatic heterocycles. The fourth-order valence-electron chi connectivity index (χ4n) is 1.62. The lowest BCUT2D eigenvalue weighted by Crippen LogP contribution is -2.30. The number of aromatic nitrogens is 1. The van der Waals surface area contributed by atoms with E-state index in [0.29, 0.717) is 17.1 Å². The minimum atomic E-state index is -0.573. The van der Waals surface area contributed by atoms with Gasteiger partial charge in [0.15, 0.2) is 11.5 Å². The number of carbonyl (C=O) groups excluding carboxylic acids is 1. The van der Waals surface area contributed by atoms with Crippen LogP contribution in [0.3, 0.4) is 0 Å². The first-order valence-corrected chi connectivity index (χ1v) is 5.85. The van der Waals surface area contributed by atoms with Crippen molar-refractivity contribution in [3.63, 3.8) is 0 Å². The maximum atomic E-state index is 11.2. The second-order valence-corrected chi connectivity index (χ2v) is 4.15. The number of nitro groups is 1. The highest BCUT2D eigenvalue weighted by Gasteiger charge is 2.13. The summed E-state index contributed by atoms with van der Waals surface area (Å²) < 4.78 is 10.4. The van der Waals surface area contributed by atoms with Gasteiger partial charge >= 0.3 is 0 Å². The van der Waals surface area contributed by atoms with E-state index in [1.165, 1.54) is 24.3 Å². The molecule has 1 aromatic carbocycles. The van der Waals surface area contributed by atoms with Gasteiger partial charge in [-0.1, -0.05) is 5.16 Å². The molecule has 0 bridgehead atoms. The quantitative estimate of drug-likeness (QED) is 0.364. The van der Waals surface area contributed by atoms with Crippen LogP contribution in [-0.2, 0) is 6.61 Å². The van der Waals surface area contributed by atoms with Gasteiger partial charge in [-0.05, 0) is 18.6 Å². The van der Waals surface area contributed by atoms with Crippen molar-refractivity contribution in [3.05, 3.63) is 51.4 Å². The number of benzene rings is 1. The molecule has 2 rings (SSSR count). The highest BCUT2D eigenvalue weighted by Crippen LogP contribution is 2.24. The summed E-state index contributed by atoms with van der Waals surface area (Å²) in [6, 6.07) is 5.64. The van der Waals surface area contributed by atoms with Crippen LogP contribution in [0.15, 0.2) is 28.8 Å². The van der Waals surface area contributed by atoms with Crippen molar-refractivity contribution in [1.29, 1.82) is 0 Å². The molecular weight excluding hydrogens is 280 g/mol. The van der Waals surface area contributed by atoms with Crippen molar-refractivity contribution in [2.24, 2.45) is 5.84 Å². The Kier molecular flexibility index (Phi) is 4.14. The van der Waals surface area contributed by atoms with Crippen molar-refractivity contribution in [1.82, 2.24) is 10.6 Å². The van der Waals surface area contributed by atoms with Gasteiger partial charge in [0.2, 0.25) is 0 Å². The van der Waals surface area contributed by atoms with E-state index < -0.39 is 10.8 Å². The second kappa shape index (κ2) is 6.01. The monoisotopic (exact) mass is 292 g/mol. The van der Waals surface area contributed by atoms with Crippen LogP contribution < -0.4 is 16.0 Å². The van der Waals surface area contributed by atoms with Crippen LogP contribution in [0.1, 0.15) is 21.8 Å². The summed E-state index contributed by atoms with van der Waals surface area (Å²) >= 11 is 0. The van der Waals surface area contributed by atoms with Gasteiger partial charge in [-0.25, -0.2) is 5.84 Å². The predicted octanol–water partition coefficient (Wildman–Crippen LogP) is 1.07. The van der Waals surface area contributed by atoms with E-state index >= 15 is 0 Å². The minimum absolute atomic E-state index is 0.0126. The number of aryl methyl sites for hydroxylation is 1. The van der Waals surface area contributed by atoms with Gasteiger partial charge in [0.05, 0.1) is 4.92 Å². The first kappa shape index (κ1) is 14.5. The van der Waals surface area contributed by atoms with Crippen LogP contribution in [0.5, 0.6) is 5.75 Å². The number of amides is 1. The van der Waals surface area contributed by atoms with Gasteiger partial charge < -0.3 is 9.26 Å². The summed E-state index contributed by atoms with van der Waals surface area (Å²) in [5, 5.41) is 14.2. The fraction of sp³-hybridized carbons (Fsp3) is 0.167. The van der Waals surface area contributed by atoms with Gasteiger partial charge in [0.1, 0.15) is 12.4 Å². The molecule has 0 unspecified atom stereocenters. The average molecular weight is 292 g/mol. The molecule has 0 radical (unpaired) electrons. The Balaban J connectivity index is 2.04. The maximum Gasteiger partial charge on any atom is 0.287 e. The molecule has 0 fully saturated rings. The standard InChI is InChI=1S/C12H12N4O5/c1-7-4-8(16(18)19)2-3-11(7)20-6-9-5-10(15-21-9)12(17)14-13/h2-5H,6,13H2,1H3,(H,14,17). The van der Waals surface area contributed by atoms with Crippen molar-refractivity contribution in [3.8, 4) is 5.75 Å². The Morgan fingerprint density at radius 1 is 1.52 bits per heavy atom. The normalized spacial score (nSPS) is 10.2. The average Bonchev–Trinajstić information content (AvgIpc) is 2.93. The molecule has 1 amide bonds. The molecule has 0 saturated heterocycles. The summed E-state index contributed by atoms with van der Waals surface area (Å²) in [6.07, 6.45) is 0. The topological polar surface area (TPSA) is 134 Å². The Morgan fingerprint density at radius 3 is 2.90 bits per heavy atom. The number of rotatable bonds is 5. The van der Waals surface area contributed by atoms with E-state index in [0.717, 1.165) is 0 Å². The number of nitro benzene ring substituents is 1. The molecule has 2 aromatic rings. The number of hydrogen-bond acceptors (Lipinski definition) is 7. The van der Waals surface area contributed by atoms with Gasteiger partial charge in [0, 0.05) is 18.2 Å². The zero-order valence-corrected chi connectivity index (χ0v) is 11.0. The van der Waals surface area contributed by atoms with E-state index in [9.17, 15) is 14.9 Å². The minimum Gasteiger partial charge on any atom is -0.485 e. The van der Waals surface area contributed by atoms with Gasteiger partial charge in [-0.15, -0.1) is 0 Å². The molecule has 0 saturated carbocycles. The van der Waals surface area contributed by atoms with Crippen molar-refractivity contribution >= 4 is 11.6 Å². The number of hydrazine groups is 1. The number of hydrogen-bond donors (Lipinski definition) is 2. The third-order valence-electron chi connectivity index (χ3n) is 2.66. The molecule has 1 heterocycles. The Bertz CT molecular complexity index is 682. The second-order valence-electron chi connectivity index (χ2n) is 4.15. The first-order valence-electron chi connectivity index (χ1n) is 5.85.